The average Bonchev–Trinajstić information content (AvgIpc) is 2.52. The topological polar surface area (TPSA) is 50.4 Å². The van der Waals surface area contributed by atoms with E-state index in [1.165, 1.54) is 0 Å². The summed E-state index contributed by atoms with van der Waals surface area (Å²) in [5, 5.41) is 6.18. The van der Waals surface area contributed by atoms with E-state index in [9.17, 15) is 4.79 Å². The number of nitrogens with one attached hydrogen (secondary N) is 2. The molecule has 1 amide bonds. The van der Waals surface area contributed by atoms with Gasteiger partial charge in [0.15, 0.2) is 0 Å². The van der Waals surface area contributed by atoms with Crippen LogP contribution in [0.4, 0.5) is 11.4 Å². The molecule has 0 saturated carbocycles. The number of carbonyl (C=O) groups excluding carboxylic acids is 1. The Morgan fingerprint density at radius 1 is 1.17 bits per heavy atom. The highest BCUT2D eigenvalue weighted by Crippen LogP contribution is 2.23. The molecule has 2 N–H and O–H groups in total. The van der Waals surface area contributed by atoms with Crippen molar-refractivity contribution in [3.8, 4) is 5.75 Å². The fourth-order valence-electron chi connectivity index (χ4n) is 2.18. The lowest BCUT2D eigenvalue weighted by atomic mass is 10.2. The molecule has 0 bridgehead atoms. The Bertz CT molecular complexity index is 674. The van der Waals surface area contributed by atoms with Crippen LogP contribution in [0.1, 0.15) is 18.9 Å². The van der Waals surface area contributed by atoms with Gasteiger partial charge in [-0.25, -0.2) is 0 Å². The standard InChI is InChI=1S/C18H21BrN2O2/c1-3-23-17-7-5-4-6-16(17)20-11-10-18(22)21-15-9-8-14(19)12-13(15)2/h4-9,12,20H,3,10-11H2,1-2H3,(H,21,22). The number of amides is 1. The maximum absolute atomic E-state index is 12.1. The van der Waals surface area contributed by atoms with Crippen LogP contribution < -0.4 is 15.4 Å². The van der Waals surface area contributed by atoms with Crippen LogP contribution in [0.15, 0.2) is 46.9 Å². The van der Waals surface area contributed by atoms with Crippen LogP contribution >= 0.6 is 15.9 Å². The van der Waals surface area contributed by atoms with Crippen LogP contribution in [0, 0.1) is 6.92 Å². The molecular weight excluding hydrogens is 356 g/mol. The average molecular weight is 377 g/mol. The lowest BCUT2D eigenvalue weighted by Crippen LogP contribution is -2.17. The smallest absolute Gasteiger partial charge is 0.226 e. The van der Waals surface area contributed by atoms with Gasteiger partial charge in [0.05, 0.1) is 12.3 Å². The van der Waals surface area contributed by atoms with Gasteiger partial charge in [-0.1, -0.05) is 28.1 Å². The molecule has 2 aromatic rings. The molecule has 0 aromatic heterocycles. The third-order valence-corrected chi connectivity index (χ3v) is 3.81. The van der Waals surface area contributed by atoms with Crippen LogP contribution in [-0.4, -0.2) is 19.1 Å². The molecule has 23 heavy (non-hydrogen) atoms. The van der Waals surface area contributed by atoms with E-state index in [-0.39, 0.29) is 5.91 Å². The zero-order valence-corrected chi connectivity index (χ0v) is 14.9. The molecule has 2 aromatic carbocycles. The molecule has 0 unspecified atom stereocenters. The van der Waals surface area contributed by atoms with Crippen molar-refractivity contribution in [2.24, 2.45) is 0 Å². The quantitative estimate of drug-likeness (QED) is 0.742. The van der Waals surface area contributed by atoms with E-state index < -0.39 is 0 Å². The second-order valence-electron chi connectivity index (χ2n) is 5.11. The summed E-state index contributed by atoms with van der Waals surface area (Å²) < 4.78 is 6.55. The van der Waals surface area contributed by atoms with Gasteiger partial charge in [-0.15, -0.1) is 0 Å². The summed E-state index contributed by atoms with van der Waals surface area (Å²) in [6.45, 7) is 5.08. The molecule has 122 valence electrons. The lowest BCUT2D eigenvalue weighted by molar-refractivity contribution is -0.115. The predicted molar refractivity (Wildman–Crippen MR) is 98.2 cm³/mol. The number of rotatable bonds is 7. The third-order valence-electron chi connectivity index (χ3n) is 3.32. The van der Waals surface area contributed by atoms with Crippen LogP contribution in [0.25, 0.3) is 0 Å². The minimum Gasteiger partial charge on any atom is -0.492 e. The summed E-state index contributed by atoms with van der Waals surface area (Å²) in [4.78, 5) is 12.1. The first-order valence-corrected chi connectivity index (χ1v) is 8.41. The number of hydrogen-bond acceptors (Lipinski definition) is 3. The second-order valence-corrected chi connectivity index (χ2v) is 6.03. The van der Waals surface area contributed by atoms with Crippen molar-refractivity contribution in [1.29, 1.82) is 0 Å². The maximum atomic E-state index is 12.1. The van der Waals surface area contributed by atoms with Gasteiger partial charge in [-0.05, 0) is 49.7 Å². The molecule has 0 fully saturated rings. The van der Waals surface area contributed by atoms with Gasteiger partial charge in [-0.2, -0.15) is 0 Å². The number of anilines is 2. The molecule has 0 radical (unpaired) electrons. The first kappa shape index (κ1) is 17.3. The number of halogens is 1. The van der Waals surface area contributed by atoms with E-state index in [1.807, 2.05) is 56.3 Å². The SMILES string of the molecule is CCOc1ccccc1NCCC(=O)Nc1ccc(Br)cc1C. The number of ether oxygens (including phenoxy) is 1. The number of carbonyl (C=O) groups is 1. The molecule has 0 aliphatic heterocycles. The molecule has 0 saturated heterocycles. The lowest BCUT2D eigenvalue weighted by Gasteiger charge is -2.12. The molecule has 0 aliphatic carbocycles. The van der Waals surface area contributed by atoms with Crippen molar-refractivity contribution in [3.05, 3.63) is 52.5 Å². The first-order valence-electron chi connectivity index (χ1n) is 7.62. The molecule has 4 nitrogen and oxygen atoms in total. The van der Waals surface area contributed by atoms with Crippen LogP contribution in [0.2, 0.25) is 0 Å². The zero-order chi connectivity index (χ0) is 16.7. The second kappa shape index (κ2) is 8.58. The molecule has 2 rings (SSSR count). The van der Waals surface area contributed by atoms with E-state index >= 15 is 0 Å². The van der Waals surface area contributed by atoms with Gasteiger partial charge < -0.3 is 15.4 Å². The summed E-state index contributed by atoms with van der Waals surface area (Å²) in [5.74, 6) is 0.788. The molecule has 0 atom stereocenters. The molecule has 0 aliphatic rings. The van der Waals surface area contributed by atoms with Gasteiger partial charge in [0, 0.05) is 23.1 Å². The van der Waals surface area contributed by atoms with E-state index in [0.717, 1.165) is 27.2 Å². The zero-order valence-electron chi connectivity index (χ0n) is 13.4. The minimum absolute atomic E-state index is 0.0168. The van der Waals surface area contributed by atoms with Gasteiger partial charge in [0.1, 0.15) is 5.75 Å². The van der Waals surface area contributed by atoms with Crippen LogP contribution in [0.5, 0.6) is 5.75 Å². The van der Waals surface area contributed by atoms with E-state index in [1.54, 1.807) is 0 Å². The normalized spacial score (nSPS) is 10.2. The van der Waals surface area contributed by atoms with Gasteiger partial charge >= 0.3 is 0 Å². The largest absolute Gasteiger partial charge is 0.492 e. The van der Waals surface area contributed by atoms with E-state index in [2.05, 4.69) is 26.6 Å². The number of hydrogen-bond donors (Lipinski definition) is 2. The molecule has 0 heterocycles. The Morgan fingerprint density at radius 2 is 1.96 bits per heavy atom. The summed E-state index contributed by atoms with van der Waals surface area (Å²) in [5.41, 5.74) is 2.78. The predicted octanol–water partition coefficient (Wildman–Crippen LogP) is 4.60. The van der Waals surface area contributed by atoms with Crippen LogP contribution in [-0.2, 0) is 4.79 Å². The van der Waals surface area contributed by atoms with Gasteiger partial charge in [0.25, 0.3) is 0 Å². The summed E-state index contributed by atoms with van der Waals surface area (Å²) in [7, 11) is 0. The highest BCUT2D eigenvalue weighted by molar-refractivity contribution is 9.10. The van der Waals surface area contributed by atoms with Crippen molar-refractivity contribution in [3.63, 3.8) is 0 Å². The molecular formula is C18H21BrN2O2. The van der Waals surface area contributed by atoms with Crippen molar-refractivity contribution < 1.29 is 9.53 Å². The Balaban J connectivity index is 1.85. The highest BCUT2D eigenvalue weighted by atomic mass is 79.9. The van der Waals surface area contributed by atoms with Crippen molar-refractivity contribution in [2.75, 3.05) is 23.8 Å². The number of para-hydroxylation sites is 2. The third kappa shape index (κ3) is 5.28. The molecule has 5 heteroatoms. The molecule has 0 spiro atoms. The fraction of sp³-hybridized carbons (Fsp3) is 0.278. The van der Waals surface area contributed by atoms with Gasteiger partial charge in [0.2, 0.25) is 5.91 Å². The van der Waals surface area contributed by atoms with Crippen molar-refractivity contribution >= 4 is 33.2 Å². The Morgan fingerprint density at radius 3 is 2.70 bits per heavy atom. The van der Waals surface area contributed by atoms with Crippen LogP contribution in [0.3, 0.4) is 0 Å². The first-order chi connectivity index (χ1) is 11.1. The Labute approximate surface area is 145 Å². The van der Waals surface area contributed by atoms with E-state index in [0.29, 0.717) is 19.6 Å². The summed E-state index contributed by atoms with van der Waals surface area (Å²) in [6, 6.07) is 13.5. The number of aryl methyl sites for hydroxylation is 1. The minimum atomic E-state index is -0.0168. The Hall–Kier alpha value is -2.01. The fourth-order valence-corrected chi connectivity index (χ4v) is 2.66. The van der Waals surface area contributed by atoms with Crippen molar-refractivity contribution in [2.45, 2.75) is 20.3 Å². The monoisotopic (exact) mass is 376 g/mol. The van der Waals surface area contributed by atoms with Crippen molar-refractivity contribution in [1.82, 2.24) is 0 Å². The summed E-state index contributed by atoms with van der Waals surface area (Å²) in [6.07, 6.45) is 0.385. The highest BCUT2D eigenvalue weighted by Gasteiger charge is 2.06. The van der Waals surface area contributed by atoms with Gasteiger partial charge in [-0.3, -0.25) is 4.79 Å². The maximum Gasteiger partial charge on any atom is 0.226 e. The Kier molecular flexibility index (Phi) is 6.47. The van der Waals surface area contributed by atoms with E-state index in [4.69, 9.17) is 4.74 Å². The number of benzene rings is 2. The summed E-state index contributed by atoms with van der Waals surface area (Å²) >= 11 is 3.42.